The van der Waals surface area contributed by atoms with Gasteiger partial charge in [-0.05, 0) is 34.0 Å². The molecular weight excluding hydrogens is 320 g/mol. The van der Waals surface area contributed by atoms with Gasteiger partial charge in [-0.3, -0.25) is 4.79 Å². The fourth-order valence-electron chi connectivity index (χ4n) is 1.93. The van der Waals surface area contributed by atoms with Crippen LogP contribution in [0.2, 0.25) is 0 Å². The Bertz CT molecular complexity index is 488. The number of hydrogen-bond donors (Lipinski definition) is 1. The SMILES string of the molecule is CN(CC(C)(C)CN)C(=O)c1cc(Br)cnc1N(C)C. The molecule has 0 aliphatic rings. The van der Waals surface area contributed by atoms with Crippen molar-refractivity contribution in [2.24, 2.45) is 11.1 Å². The number of aromatic nitrogens is 1. The Hall–Kier alpha value is -1.14. The zero-order valence-corrected chi connectivity index (χ0v) is 14.4. The van der Waals surface area contributed by atoms with Crippen molar-refractivity contribution in [3.8, 4) is 0 Å². The van der Waals surface area contributed by atoms with Crippen LogP contribution in [0.3, 0.4) is 0 Å². The largest absolute Gasteiger partial charge is 0.362 e. The number of halogens is 1. The van der Waals surface area contributed by atoms with Crippen molar-refractivity contribution in [3.05, 3.63) is 22.3 Å². The summed E-state index contributed by atoms with van der Waals surface area (Å²) < 4.78 is 0.790. The highest BCUT2D eigenvalue weighted by atomic mass is 79.9. The van der Waals surface area contributed by atoms with Crippen molar-refractivity contribution in [1.82, 2.24) is 9.88 Å². The van der Waals surface area contributed by atoms with Crippen LogP contribution in [-0.2, 0) is 0 Å². The molecular formula is C14H23BrN4O. The molecule has 0 atom stereocenters. The molecule has 1 aromatic heterocycles. The lowest BCUT2D eigenvalue weighted by molar-refractivity contribution is 0.0741. The van der Waals surface area contributed by atoms with E-state index in [1.54, 1.807) is 24.2 Å². The van der Waals surface area contributed by atoms with Gasteiger partial charge in [-0.25, -0.2) is 4.98 Å². The summed E-state index contributed by atoms with van der Waals surface area (Å²) in [5, 5.41) is 0. The van der Waals surface area contributed by atoms with Gasteiger partial charge >= 0.3 is 0 Å². The van der Waals surface area contributed by atoms with Gasteiger partial charge in [0.25, 0.3) is 5.91 Å². The Morgan fingerprint density at radius 2 is 2.00 bits per heavy atom. The minimum atomic E-state index is -0.109. The van der Waals surface area contributed by atoms with E-state index in [0.29, 0.717) is 24.5 Å². The summed E-state index contributed by atoms with van der Waals surface area (Å²) >= 11 is 3.37. The lowest BCUT2D eigenvalue weighted by atomic mass is 9.93. The highest BCUT2D eigenvalue weighted by Crippen LogP contribution is 2.23. The second kappa shape index (κ2) is 6.54. The second-order valence-electron chi connectivity index (χ2n) is 5.95. The van der Waals surface area contributed by atoms with E-state index in [0.717, 1.165) is 4.47 Å². The van der Waals surface area contributed by atoms with Gasteiger partial charge in [-0.2, -0.15) is 0 Å². The van der Waals surface area contributed by atoms with Crippen molar-refractivity contribution in [2.75, 3.05) is 39.1 Å². The fourth-order valence-corrected chi connectivity index (χ4v) is 2.26. The summed E-state index contributed by atoms with van der Waals surface area (Å²) in [4.78, 5) is 20.5. The first-order chi connectivity index (χ1) is 9.18. The maximum atomic E-state index is 12.6. The molecule has 0 radical (unpaired) electrons. The van der Waals surface area contributed by atoms with E-state index in [9.17, 15) is 4.79 Å². The van der Waals surface area contributed by atoms with Gasteiger partial charge in [0.15, 0.2) is 0 Å². The molecule has 2 N–H and O–H groups in total. The zero-order chi connectivity index (χ0) is 15.5. The van der Waals surface area contributed by atoms with E-state index in [1.165, 1.54) is 0 Å². The molecule has 0 aliphatic carbocycles. The van der Waals surface area contributed by atoms with Crippen LogP contribution in [0.15, 0.2) is 16.7 Å². The van der Waals surface area contributed by atoms with Crippen molar-refractivity contribution in [3.63, 3.8) is 0 Å². The van der Waals surface area contributed by atoms with Gasteiger partial charge in [-0.15, -0.1) is 0 Å². The minimum Gasteiger partial charge on any atom is -0.362 e. The third-order valence-corrected chi connectivity index (χ3v) is 3.49. The Morgan fingerprint density at radius 1 is 1.40 bits per heavy atom. The van der Waals surface area contributed by atoms with E-state index >= 15 is 0 Å². The molecule has 0 spiro atoms. The molecule has 1 heterocycles. The molecule has 1 amide bonds. The number of amides is 1. The second-order valence-corrected chi connectivity index (χ2v) is 6.86. The number of nitrogens with zero attached hydrogens (tertiary/aromatic N) is 3. The number of pyridine rings is 1. The maximum Gasteiger partial charge on any atom is 0.257 e. The van der Waals surface area contributed by atoms with Crippen molar-refractivity contribution >= 4 is 27.7 Å². The molecule has 0 fully saturated rings. The normalized spacial score (nSPS) is 11.3. The van der Waals surface area contributed by atoms with Gasteiger partial charge < -0.3 is 15.5 Å². The molecule has 0 bridgehead atoms. The molecule has 1 aromatic rings. The summed E-state index contributed by atoms with van der Waals surface area (Å²) in [6.07, 6.45) is 1.69. The van der Waals surface area contributed by atoms with Gasteiger partial charge in [-0.1, -0.05) is 13.8 Å². The summed E-state index contributed by atoms with van der Waals surface area (Å²) in [7, 11) is 5.54. The Labute approximate surface area is 129 Å². The first-order valence-corrected chi connectivity index (χ1v) is 7.25. The smallest absolute Gasteiger partial charge is 0.257 e. The molecule has 1 rings (SSSR count). The van der Waals surface area contributed by atoms with Crippen LogP contribution < -0.4 is 10.6 Å². The van der Waals surface area contributed by atoms with E-state index < -0.39 is 0 Å². The predicted octanol–water partition coefficient (Wildman–Crippen LogP) is 1.97. The molecule has 0 unspecified atom stereocenters. The molecule has 0 saturated carbocycles. The predicted molar refractivity (Wildman–Crippen MR) is 86.1 cm³/mol. The Balaban J connectivity index is 3.05. The molecule has 0 saturated heterocycles. The molecule has 0 aromatic carbocycles. The maximum absolute atomic E-state index is 12.6. The first kappa shape index (κ1) is 16.9. The molecule has 20 heavy (non-hydrogen) atoms. The van der Waals surface area contributed by atoms with E-state index in [1.807, 2.05) is 32.8 Å². The summed E-state index contributed by atoms with van der Waals surface area (Å²) in [5.74, 6) is 0.611. The van der Waals surface area contributed by atoms with Crippen molar-refractivity contribution < 1.29 is 4.79 Å². The Kier molecular flexibility index (Phi) is 5.53. The van der Waals surface area contributed by atoms with E-state index in [2.05, 4.69) is 20.9 Å². The van der Waals surface area contributed by atoms with Gasteiger partial charge in [0.1, 0.15) is 5.82 Å². The fraction of sp³-hybridized carbons (Fsp3) is 0.571. The number of anilines is 1. The molecule has 0 aliphatic heterocycles. The minimum absolute atomic E-state index is 0.0518. The lowest BCUT2D eigenvalue weighted by Crippen LogP contribution is -2.40. The van der Waals surface area contributed by atoms with Crippen molar-refractivity contribution in [2.45, 2.75) is 13.8 Å². The van der Waals surface area contributed by atoms with Gasteiger partial charge in [0.05, 0.1) is 5.56 Å². The summed E-state index contributed by atoms with van der Waals surface area (Å²) in [6.45, 7) is 5.22. The van der Waals surface area contributed by atoms with Gasteiger partial charge in [0, 0.05) is 38.4 Å². The number of rotatable bonds is 5. The molecule has 112 valence electrons. The van der Waals surface area contributed by atoms with Crippen LogP contribution in [0, 0.1) is 5.41 Å². The topological polar surface area (TPSA) is 62.5 Å². The van der Waals surface area contributed by atoms with E-state index in [-0.39, 0.29) is 11.3 Å². The van der Waals surface area contributed by atoms with Crippen molar-refractivity contribution in [1.29, 1.82) is 0 Å². The highest BCUT2D eigenvalue weighted by molar-refractivity contribution is 9.10. The van der Waals surface area contributed by atoms with E-state index in [4.69, 9.17) is 5.73 Å². The third kappa shape index (κ3) is 4.18. The van der Waals surface area contributed by atoms with Crippen LogP contribution in [0.25, 0.3) is 0 Å². The number of nitrogens with two attached hydrogens (primary N) is 1. The summed E-state index contributed by atoms with van der Waals surface area (Å²) in [5.41, 5.74) is 6.20. The quantitative estimate of drug-likeness (QED) is 0.888. The highest BCUT2D eigenvalue weighted by Gasteiger charge is 2.24. The van der Waals surface area contributed by atoms with Crippen LogP contribution in [0.1, 0.15) is 24.2 Å². The van der Waals surface area contributed by atoms with Gasteiger partial charge in [0.2, 0.25) is 0 Å². The van der Waals surface area contributed by atoms with Crippen LogP contribution in [0.4, 0.5) is 5.82 Å². The number of hydrogen-bond acceptors (Lipinski definition) is 4. The Morgan fingerprint density at radius 3 is 2.50 bits per heavy atom. The van der Waals surface area contributed by atoms with Crippen LogP contribution in [-0.4, -0.2) is 50.0 Å². The molecule has 5 nitrogen and oxygen atoms in total. The average Bonchev–Trinajstić information content (AvgIpc) is 2.36. The lowest BCUT2D eigenvalue weighted by Gasteiger charge is -2.29. The van der Waals surface area contributed by atoms with Crippen LogP contribution in [0.5, 0.6) is 0 Å². The monoisotopic (exact) mass is 342 g/mol. The molecule has 6 heteroatoms. The summed E-state index contributed by atoms with van der Waals surface area (Å²) in [6, 6.07) is 1.80. The zero-order valence-electron chi connectivity index (χ0n) is 12.8. The van der Waals surface area contributed by atoms with Crippen LogP contribution >= 0.6 is 15.9 Å². The third-order valence-electron chi connectivity index (χ3n) is 3.05. The standard InChI is InChI=1S/C14H23BrN4O/c1-14(2,8-16)9-19(5)13(20)11-6-10(15)7-17-12(11)18(3)4/h6-7H,8-9,16H2,1-5H3. The average molecular weight is 343 g/mol. The first-order valence-electron chi connectivity index (χ1n) is 6.46. The number of carbonyl (C=O) groups excluding carboxylic acids is 1. The number of carbonyl (C=O) groups is 1.